The standard InChI is InChI=1S/C18H22N4S3/c1-4-23-16-14-15(17(21-20-16)24-5-2)22(18(19-14)25-6-3)12-13-10-8-7-9-11-13/h7-11H,4-6,12H2,1-3H3. The number of nitrogens with zero attached hydrogens (tertiary/aromatic N) is 4. The topological polar surface area (TPSA) is 43.6 Å². The van der Waals surface area contributed by atoms with E-state index in [2.05, 4.69) is 65.9 Å². The van der Waals surface area contributed by atoms with E-state index in [1.807, 2.05) is 0 Å². The Morgan fingerprint density at radius 1 is 0.840 bits per heavy atom. The van der Waals surface area contributed by atoms with Crippen LogP contribution in [0, 0.1) is 0 Å². The highest BCUT2D eigenvalue weighted by atomic mass is 32.2. The van der Waals surface area contributed by atoms with Crippen LogP contribution in [-0.2, 0) is 6.54 Å². The van der Waals surface area contributed by atoms with Crippen LogP contribution in [0.25, 0.3) is 11.0 Å². The lowest BCUT2D eigenvalue weighted by atomic mass is 10.2. The van der Waals surface area contributed by atoms with Crippen molar-refractivity contribution >= 4 is 46.3 Å². The number of fused-ring (bicyclic) bond motifs is 1. The second-order valence-electron chi connectivity index (χ2n) is 5.27. The Morgan fingerprint density at radius 3 is 2.16 bits per heavy atom. The molecule has 132 valence electrons. The Bertz CT molecular complexity index is 833. The van der Waals surface area contributed by atoms with E-state index in [4.69, 9.17) is 4.98 Å². The maximum absolute atomic E-state index is 4.95. The second kappa shape index (κ2) is 8.96. The van der Waals surface area contributed by atoms with E-state index < -0.39 is 0 Å². The van der Waals surface area contributed by atoms with Gasteiger partial charge in [0, 0.05) is 0 Å². The minimum Gasteiger partial charge on any atom is -0.312 e. The summed E-state index contributed by atoms with van der Waals surface area (Å²) in [6.07, 6.45) is 0. The fraction of sp³-hybridized carbons (Fsp3) is 0.389. The first-order valence-electron chi connectivity index (χ1n) is 8.47. The number of aromatic nitrogens is 4. The molecule has 0 unspecified atom stereocenters. The number of benzene rings is 1. The van der Waals surface area contributed by atoms with E-state index in [-0.39, 0.29) is 0 Å². The lowest BCUT2D eigenvalue weighted by Gasteiger charge is -2.10. The van der Waals surface area contributed by atoms with Crippen molar-refractivity contribution in [1.82, 2.24) is 19.7 Å². The molecule has 0 aliphatic heterocycles. The van der Waals surface area contributed by atoms with Gasteiger partial charge in [-0.2, -0.15) is 0 Å². The largest absolute Gasteiger partial charge is 0.312 e. The maximum Gasteiger partial charge on any atom is 0.169 e. The van der Waals surface area contributed by atoms with Crippen molar-refractivity contribution in [2.45, 2.75) is 42.5 Å². The number of imidazole rings is 1. The summed E-state index contributed by atoms with van der Waals surface area (Å²) in [6, 6.07) is 10.5. The first-order valence-corrected chi connectivity index (χ1v) is 11.4. The minimum absolute atomic E-state index is 0.804. The predicted molar refractivity (Wildman–Crippen MR) is 110 cm³/mol. The molecular formula is C18H22N4S3. The molecule has 4 nitrogen and oxygen atoms in total. The van der Waals surface area contributed by atoms with Gasteiger partial charge in [0.1, 0.15) is 21.1 Å². The van der Waals surface area contributed by atoms with Gasteiger partial charge in [-0.05, 0) is 22.8 Å². The average molecular weight is 391 g/mol. The Balaban J connectivity index is 2.19. The third kappa shape index (κ3) is 4.15. The molecule has 0 N–H and O–H groups in total. The number of rotatable bonds is 8. The molecule has 3 rings (SSSR count). The zero-order chi connectivity index (χ0) is 17.6. The molecule has 0 aliphatic rings. The number of thioether (sulfide) groups is 3. The van der Waals surface area contributed by atoms with Crippen molar-refractivity contribution in [3.8, 4) is 0 Å². The normalized spacial score (nSPS) is 11.3. The van der Waals surface area contributed by atoms with Crippen molar-refractivity contribution in [3.63, 3.8) is 0 Å². The molecular weight excluding hydrogens is 368 g/mol. The van der Waals surface area contributed by atoms with E-state index in [1.54, 1.807) is 35.3 Å². The van der Waals surface area contributed by atoms with Gasteiger partial charge in [0.05, 0.1) is 6.54 Å². The molecule has 1 aromatic carbocycles. The fourth-order valence-corrected chi connectivity index (χ4v) is 4.70. The summed E-state index contributed by atoms with van der Waals surface area (Å²) in [5.74, 6) is 2.92. The van der Waals surface area contributed by atoms with Crippen LogP contribution in [0.1, 0.15) is 26.3 Å². The highest BCUT2D eigenvalue weighted by molar-refractivity contribution is 8.00. The van der Waals surface area contributed by atoms with Crippen LogP contribution in [0.15, 0.2) is 45.5 Å². The van der Waals surface area contributed by atoms with Crippen molar-refractivity contribution in [2.75, 3.05) is 17.3 Å². The molecule has 0 bridgehead atoms. The Morgan fingerprint density at radius 2 is 1.48 bits per heavy atom. The zero-order valence-electron chi connectivity index (χ0n) is 14.7. The Kier molecular flexibility index (Phi) is 6.67. The summed E-state index contributed by atoms with van der Waals surface area (Å²) in [6.45, 7) is 7.25. The van der Waals surface area contributed by atoms with Gasteiger partial charge in [-0.1, -0.05) is 62.9 Å². The van der Waals surface area contributed by atoms with Crippen LogP contribution >= 0.6 is 35.3 Å². The van der Waals surface area contributed by atoms with Crippen LogP contribution in [0.3, 0.4) is 0 Å². The molecule has 2 heterocycles. The van der Waals surface area contributed by atoms with Gasteiger partial charge in [0.25, 0.3) is 0 Å². The summed E-state index contributed by atoms with van der Waals surface area (Å²) in [5, 5.41) is 11.9. The van der Waals surface area contributed by atoms with E-state index in [0.29, 0.717) is 0 Å². The molecule has 0 saturated heterocycles. The summed E-state index contributed by atoms with van der Waals surface area (Å²) in [4.78, 5) is 4.95. The SMILES string of the molecule is CCSc1nnc(SCC)c2c1nc(SCC)n2Cc1ccccc1. The van der Waals surface area contributed by atoms with Crippen LogP contribution in [0.4, 0.5) is 0 Å². The second-order valence-corrected chi connectivity index (χ2v) is 9.01. The van der Waals surface area contributed by atoms with Gasteiger partial charge in [0.15, 0.2) is 5.16 Å². The van der Waals surface area contributed by atoms with E-state index in [1.165, 1.54) is 5.56 Å². The van der Waals surface area contributed by atoms with Crippen LogP contribution in [0.5, 0.6) is 0 Å². The van der Waals surface area contributed by atoms with Crippen molar-refractivity contribution in [1.29, 1.82) is 0 Å². The van der Waals surface area contributed by atoms with Gasteiger partial charge in [-0.25, -0.2) is 4.98 Å². The van der Waals surface area contributed by atoms with Gasteiger partial charge in [-0.15, -0.1) is 33.7 Å². The van der Waals surface area contributed by atoms with E-state index in [0.717, 1.165) is 50.0 Å². The molecule has 7 heteroatoms. The zero-order valence-corrected chi connectivity index (χ0v) is 17.2. The average Bonchev–Trinajstić information content (AvgIpc) is 2.98. The molecule has 0 radical (unpaired) electrons. The lowest BCUT2D eigenvalue weighted by Crippen LogP contribution is -2.03. The monoisotopic (exact) mass is 390 g/mol. The summed E-state index contributed by atoms with van der Waals surface area (Å²) < 4.78 is 2.31. The molecule has 2 aromatic heterocycles. The maximum atomic E-state index is 4.95. The van der Waals surface area contributed by atoms with Gasteiger partial charge >= 0.3 is 0 Å². The molecule has 25 heavy (non-hydrogen) atoms. The summed E-state index contributed by atoms with van der Waals surface area (Å²) in [5.41, 5.74) is 3.39. The number of hydrogen-bond donors (Lipinski definition) is 0. The third-order valence-electron chi connectivity index (χ3n) is 3.59. The Hall–Kier alpha value is -1.18. The van der Waals surface area contributed by atoms with Crippen molar-refractivity contribution in [3.05, 3.63) is 35.9 Å². The summed E-state index contributed by atoms with van der Waals surface area (Å²) >= 11 is 5.22. The van der Waals surface area contributed by atoms with Crippen LogP contribution in [0.2, 0.25) is 0 Å². The summed E-state index contributed by atoms with van der Waals surface area (Å²) in [7, 11) is 0. The smallest absolute Gasteiger partial charge is 0.169 e. The van der Waals surface area contributed by atoms with E-state index in [9.17, 15) is 0 Å². The lowest BCUT2D eigenvalue weighted by molar-refractivity contribution is 0.722. The first-order chi connectivity index (χ1) is 12.3. The van der Waals surface area contributed by atoms with Gasteiger partial charge in [0.2, 0.25) is 0 Å². The van der Waals surface area contributed by atoms with Crippen molar-refractivity contribution in [2.24, 2.45) is 0 Å². The quantitative estimate of drug-likeness (QED) is 0.492. The van der Waals surface area contributed by atoms with Gasteiger partial charge in [-0.3, -0.25) is 0 Å². The van der Waals surface area contributed by atoms with E-state index >= 15 is 0 Å². The molecule has 0 aliphatic carbocycles. The molecule has 0 saturated carbocycles. The van der Waals surface area contributed by atoms with Gasteiger partial charge < -0.3 is 4.57 Å². The molecule has 3 aromatic rings. The third-order valence-corrected chi connectivity index (χ3v) is 6.12. The highest BCUT2D eigenvalue weighted by Gasteiger charge is 2.20. The fourth-order valence-electron chi connectivity index (χ4n) is 2.60. The predicted octanol–water partition coefficient (Wildman–Crippen LogP) is 5.21. The first kappa shape index (κ1) is 18.6. The number of hydrogen-bond acceptors (Lipinski definition) is 6. The molecule has 0 fully saturated rings. The van der Waals surface area contributed by atoms with Crippen LogP contribution in [-0.4, -0.2) is 37.0 Å². The van der Waals surface area contributed by atoms with Crippen LogP contribution < -0.4 is 0 Å². The molecule has 0 amide bonds. The van der Waals surface area contributed by atoms with Crippen molar-refractivity contribution < 1.29 is 0 Å². The highest BCUT2D eigenvalue weighted by Crippen LogP contribution is 2.34. The Labute approximate surface area is 161 Å². The molecule has 0 spiro atoms. The molecule has 0 atom stereocenters. The minimum atomic E-state index is 0.804.